The summed E-state index contributed by atoms with van der Waals surface area (Å²) in [5.41, 5.74) is 0.164. The first kappa shape index (κ1) is 18.7. The molecule has 1 aromatic carbocycles. The van der Waals surface area contributed by atoms with Crippen LogP contribution in [0.4, 0.5) is 0 Å². The minimum Gasteiger partial charge on any atom is -0.316 e. The molecule has 1 rings (SSSR count). The van der Waals surface area contributed by atoms with Gasteiger partial charge in [0.05, 0.1) is 5.02 Å². The average molecular weight is 353 g/mol. The van der Waals surface area contributed by atoms with Crippen LogP contribution in [-0.4, -0.2) is 21.0 Å². The zero-order valence-electron chi connectivity index (χ0n) is 12.8. The molecule has 0 radical (unpaired) electrons. The van der Waals surface area contributed by atoms with Gasteiger partial charge in [0, 0.05) is 17.1 Å². The first-order valence-electron chi connectivity index (χ1n) is 6.79. The van der Waals surface area contributed by atoms with Gasteiger partial charge in [0.2, 0.25) is 10.0 Å². The highest BCUT2D eigenvalue weighted by Gasteiger charge is 2.27. The second-order valence-electron chi connectivity index (χ2n) is 5.64. The molecule has 0 amide bonds. The number of hydrogen-bond donors (Lipinski definition) is 2. The number of sulfonamides is 1. The molecule has 0 aliphatic heterocycles. The molecule has 0 atom stereocenters. The molecule has 0 fully saturated rings. The summed E-state index contributed by atoms with van der Waals surface area (Å²) in [5, 5.41) is 3.52. The fourth-order valence-corrected chi connectivity index (χ4v) is 4.51. The smallest absolute Gasteiger partial charge is 0.242 e. The third-order valence-electron chi connectivity index (χ3n) is 3.04. The summed E-state index contributed by atoms with van der Waals surface area (Å²) in [5.74, 6) is 0. The Morgan fingerprint density at radius 2 is 1.81 bits per heavy atom. The van der Waals surface area contributed by atoms with Crippen LogP contribution >= 0.6 is 23.2 Å². The summed E-state index contributed by atoms with van der Waals surface area (Å²) < 4.78 is 27.8. The van der Waals surface area contributed by atoms with Crippen LogP contribution in [0.3, 0.4) is 0 Å². The topological polar surface area (TPSA) is 58.2 Å². The van der Waals surface area contributed by atoms with E-state index in [1.807, 2.05) is 20.8 Å². The number of benzene rings is 1. The highest BCUT2D eigenvalue weighted by atomic mass is 35.5. The lowest BCUT2D eigenvalue weighted by Crippen LogP contribution is -2.43. The molecule has 21 heavy (non-hydrogen) atoms. The molecule has 0 aliphatic rings. The summed E-state index contributed by atoms with van der Waals surface area (Å²) in [6.45, 7) is 6.19. The Morgan fingerprint density at radius 1 is 1.19 bits per heavy atom. The van der Waals surface area contributed by atoms with Gasteiger partial charge in [-0.15, -0.1) is 0 Å². The Morgan fingerprint density at radius 3 is 2.33 bits per heavy atom. The molecule has 0 aromatic heterocycles. The molecule has 120 valence electrons. The molecular formula is C14H22Cl2N2O2S. The van der Waals surface area contributed by atoms with E-state index in [4.69, 9.17) is 23.2 Å². The molecule has 0 spiro atoms. The van der Waals surface area contributed by atoms with Gasteiger partial charge in [-0.1, -0.05) is 36.5 Å². The Hall–Kier alpha value is -0.330. The van der Waals surface area contributed by atoms with E-state index < -0.39 is 15.6 Å². The molecule has 4 nitrogen and oxygen atoms in total. The summed E-state index contributed by atoms with van der Waals surface area (Å²) in [7, 11) is -1.93. The van der Waals surface area contributed by atoms with Crippen molar-refractivity contribution >= 4 is 33.2 Å². The number of halogens is 2. The monoisotopic (exact) mass is 352 g/mol. The van der Waals surface area contributed by atoms with Crippen molar-refractivity contribution in [1.29, 1.82) is 0 Å². The van der Waals surface area contributed by atoms with Crippen molar-refractivity contribution < 1.29 is 8.42 Å². The molecule has 0 bridgehead atoms. The Balaban J connectivity index is 3.22. The van der Waals surface area contributed by atoms with E-state index in [9.17, 15) is 8.42 Å². The maximum Gasteiger partial charge on any atom is 0.242 e. The zero-order valence-corrected chi connectivity index (χ0v) is 15.1. The van der Waals surface area contributed by atoms with Crippen molar-refractivity contribution in [1.82, 2.24) is 10.0 Å². The predicted octanol–water partition coefficient (Wildman–Crippen LogP) is 3.57. The largest absolute Gasteiger partial charge is 0.316 e. The number of hydrogen-bond acceptors (Lipinski definition) is 3. The van der Waals surface area contributed by atoms with Crippen molar-refractivity contribution in [2.75, 3.05) is 7.05 Å². The summed E-state index contributed by atoms with van der Waals surface area (Å²) in [6, 6.07) is 2.99. The van der Waals surface area contributed by atoms with Gasteiger partial charge in [-0.3, -0.25) is 0 Å². The molecule has 7 heteroatoms. The molecule has 0 heterocycles. The van der Waals surface area contributed by atoms with Crippen LogP contribution < -0.4 is 10.0 Å². The molecule has 2 N–H and O–H groups in total. The van der Waals surface area contributed by atoms with Crippen molar-refractivity contribution in [2.24, 2.45) is 0 Å². The molecule has 0 unspecified atom stereocenters. The van der Waals surface area contributed by atoms with E-state index in [2.05, 4.69) is 10.0 Å². The average Bonchev–Trinajstić information content (AvgIpc) is 2.30. The first-order valence-corrected chi connectivity index (χ1v) is 9.03. The predicted molar refractivity (Wildman–Crippen MR) is 88.5 cm³/mol. The van der Waals surface area contributed by atoms with Gasteiger partial charge in [-0.05, 0) is 45.0 Å². The van der Waals surface area contributed by atoms with Crippen molar-refractivity contribution in [3.63, 3.8) is 0 Å². The molecule has 0 aliphatic carbocycles. The van der Waals surface area contributed by atoms with Gasteiger partial charge >= 0.3 is 0 Å². The lowest BCUT2D eigenvalue weighted by atomic mass is 10.0. The van der Waals surface area contributed by atoms with Crippen LogP contribution in [0.2, 0.25) is 10.0 Å². The third-order valence-corrected chi connectivity index (χ3v) is 5.56. The van der Waals surface area contributed by atoms with Crippen LogP contribution in [0.25, 0.3) is 0 Å². The van der Waals surface area contributed by atoms with E-state index in [0.29, 0.717) is 17.1 Å². The van der Waals surface area contributed by atoms with Gasteiger partial charge in [-0.2, -0.15) is 0 Å². The first-order chi connectivity index (χ1) is 9.63. The van der Waals surface area contributed by atoms with Crippen LogP contribution in [0.5, 0.6) is 0 Å². The Labute approximate surface area is 137 Å². The van der Waals surface area contributed by atoms with E-state index in [1.54, 1.807) is 7.05 Å². The molecule has 0 saturated carbocycles. The summed E-state index contributed by atoms with van der Waals surface area (Å²) in [6.07, 6.45) is 1.62. The van der Waals surface area contributed by atoms with Gasteiger partial charge in [0.25, 0.3) is 0 Å². The lowest BCUT2D eigenvalue weighted by Gasteiger charge is -2.26. The number of nitrogens with one attached hydrogen (secondary N) is 2. The fraction of sp³-hybridized carbons (Fsp3) is 0.571. The molecule has 1 aromatic rings. The van der Waals surface area contributed by atoms with Crippen LogP contribution in [-0.2, 0) is 16.6 Å². The molecule has 0 saturated heterocycles. The Kier molecular flexibility index (Phi) is 6.50. The van der Waals surface area contributed by atoms with Gasteiger partial charge in [0.15, 0.2) is 0 Å². The molecular weight excluding hydrogens is 331 g/mol. The summed E-state index contributed by atoms with van der Waals surface area (Å²) in [4.78, 5) is 0.0583. The Bertz CT molecular complexity index is 601. The van der Waals surface area contributed by atoms with E-state index in [0.717, 1.165) is 12.8 Å². The normalized spacial score (nSPS) is 12.7. The SMILES string of the molecule is CCCC(C)(C)NS(=O)(=O)c1cc(CNC)c(Cl)cc1Cl. The van der Waals surface area contributed by atoms with Crippen molar-refractivity contribution in [3.05, 3.63) is 27.7 Å². The second kappa shape index (κ2) is 7.29. The van der Waals surface area contributed by atoms with Crippen molar-refractivity contribution in [2.45, 2.75) is 50.6 Å². The highest BCUT2D eigenvalue weighted by molar-refractivity contribution is 7.89. The van der Waals surface area contributed by atoms with Crippen LogP contribution in [0, 0.1) is 0 Å². The maximum absolute atomic E-state index is 12.6. The fourth-order valence-electron chi connectivity index (χ4n) is 2.20. The van der Waals surface area contributed by atoms with E-state index in [-0.39, 0.29) is 9.92 Å². The van der Waals surface area contributed by atoms with Crippen LogP contribution in [0.1, 0.15) is 39.2 Å². The van der Waals surface area contributed by atoms with E-state index in [1.165, 1.54) is 12.1 Å². The van der Waals surface area contributed by atoms with Gasteiger partial charge < -0.3 is 5.32 Å². The number of rotatable bonds is 7. The minimum atomic E-state index is -3.70. The second-order valence-corrected chi connectivity index (χ2v) is 8.11. The highest BCUT2D eigenvalue weighted by Crippen LogP contribution is 2.29. The third kappa shape index (κ3) is 5.11. The van der Waals surface area contributed by atoms with Gasteiger partial charge in [-0.25, -0.2) is 13.1 Å². The maximum atomic E-state index is 12.6. The zero-order chi connectivity index (χ0) is 16.3. The standard InChI is InChI=1S/C14H22Cl2N2O2S/c1-5-6-14(2,3)18-21(19,20)13-7-10(9-17-4)11(15)8-12(13)16/h7-8,17-18H,5-6,9H2,1-4H3. The quantitative estimate of drug-likeness (QED) is 0.788. The minimum absolute atomic E-state index is 0.0583. The van der Waals surface area contributed by atoms with Gasteiger partial charge in [0.1, 0.15) is 4.90 Å². The lowest BCUT2D eigenvalue weighted by molar-refractivity contribution is 0.418. The van der Waals surface area contributed by atoms with Crippen LogP contribution in [0.15, 0.2) is 17.0 Å². The van der Waals surface area contributed by atoms with Crippen molar-refractivity contribution in [3.8, 4) is 0 Å². The summed E-state index contributed by atoms with van der Waals surface area (Å²) >= 11 is 12.1. The van der Waals surface area contributed by atoms with E-state index >= 15 is 0 Å².